The molecule has 1 unspecified atom stereocenters. The normalized spacial score (nSPS) is 21.5. The highest BCUT2D eigenvalue weighted by Crippen LogP contribution is 2.35. The molecule has 1 saturated heterocycles. The Morgan fingerprint density at radius 2 is 2.08 bits per heavy atom. The van der Waals surface area contributed by atoms with Crippen LogP contribution in [-0.4, -0.2) is 54.1 Å². The van der Waals surface area contributed by atoms with Crippen molar-refractivity contribution in [2.75, 3.05) is 32.9 Å². The molecule has 1 atom stereocenters. The molecule has 0 radical (unpaired) electrons. The summed E-state index contributed by atoms with van der Waals surface area (Å²) < 4.78 is 17.0. The van der Waals surface area contributed by atoms with Crippen LogP contribution in [0.3, 0.4) is 0 Å². The predicted molar refractivity (Wildman–Crippen MR) is 90.3 cm³/mol. The molecule has 0 aliphatic carbocycles. The van der Waals surface area contributed by atoms with Gasteiger partial charge in [0.25, 0.3) is 0 Å². The molecule has 2 aliphatic heterocycles. The van der Waals surface area contributed by atoms with Crippen LogP contribution < -0.4 is 9.47 Å². The number of fused-ring (bicyclic) bond motifs is 1. The van der Waals surface area contributed by atoms with Crippen molar-refractivity contribution in [1.82, 2.24) is 15.1 Å². The number of nitrogens with zero attached hydrogens (tertiary/aromatic N) is 2. The van der Waals surface area contributed by atoms with E-state index in [-0.39, 0.29) is 6.10 Å². The van der Waals surface area contributed by atoms with E-state index in [1.54, 1.807) is 0 Å². The molecule has 2 aromatic rings. The Morgan fingerprint density at radius 1 is 1.21 bits per heavy atom. The Labute approximate surface area is 141 Å². The number of H-pyrrole nitrogens is 1. The van der Waals surface area contributed by atoms with Gasteiger partial charge < -0.3 is 14.2 Å². The van der Waals surface area contributed by atoms with E-state index in [1.807, 2.05) is 18.3 Å². The summed E-state index contributed by atoms with van der Waals surface area (Å²) in [7, 11) is 0. The van der Waals surface area contributed by atoms with Crippen LogP contribution in [0.25, 0.3) is 11.3 Å². The Kier molecular flexibility index (Phi) is 4.40. The number of benzene rings is 1. The summed E-state index contributed by atoms with van der Waals surface area (Å²) >= 11 is 0. The topological polar surface area (TPSA) is 59.6 Å². The van der Waals surface area contributed by atoms with E-state index in [4.69, 9.17) is 14.2 Å². The minimum Gasteiger partial charge on any atom is -0.486 e. The second kappa shape index (κ2) is 6.83. The van der Waals surface area contributed by atoms with Gasteiger partial charge in [0, 0.05) is 37.4 Å². The average molecular weight is 329 g/mol. The minimum atomic E-state index is 0.275. The van der Waals surface area contributed by atoms with Crippen molar-refractivity contribution >= 4 is 0 Å². The molecule has 6 heteroatoms. The number of rotatable bonds is 3. The van der Waals surface area contributed by atoms with Gasteiger partial charge in [-0.15, -0.1) is 0 Å². The molecule has 0 bridgehead atoms. The molecule has 1 N–H and O–H groups in total. The van der Waals surface area contributed by atoms with Gasteiger partial charge in [-0.3, -0.25) is 10.00 Å². The molecule has 2 aliphatic rings. The second-order valence-corrected chi connectivity index (χ2v) is 6.40. The van der Waals surface area contributed by atoms with Gasteiger partial charge in [-0.25, -0.2) is 0 Å². The first-order valence-corrected chi connectivity index (χ1v) is 8.56. The fourth-order valence-electron chi connectivity index (χ4n) is 3.34. The van der Waals surface area contributed by atoms with Crippen molar-refractivity contribution < 1.29 is 14.2 Å². The number of nitrogens with one attached hydrogen (secondary N) is 1. The van der Waals surface area contributed by atoms with E-state index in [2.05, 4.69) is 28.1 Å². The minimum absolute atomic E-state index is 0.275. The second-order valence-electron chi connectivity index (χ2n) is 6.40. The maximum absolute atomic E-state index is 5.73. The SMILES string of the molecule is CC1CN(Cc2cn[nH]c2-c2ccc3c(c2)OCCO3)CCCO1. The summed E-state index contributed by atoms with van der Waals surface area (Å²) in [6.07, 6.45) is 3.27. The van der Waals surface area contributed by atoms with Crippen LogP contribution in [0.5, 0.6) is 11.5 Å². The summed E-state index contributed by atoms with van der Waals surface area (Å²) in [5.74, 6) is 1.61. The molecular weight excluding hydrogens is 306 g/mol. The fourth-order valence-corrected chi connectivity index (χ4v) is 3.34. The molecule has 1 aromatic carbocycles. The fraction of sp³-hybridized carbons (Fsp3) is 0.500. The van der Waals surface area contributed by atoms with Gasteiger partial charge in [0.05, 0.1) is 18.0 Å². The maximum Gasteiger partial charge on any atom is 0.162 e. The predicted octanol–water partition coefficient (Wildman–Crippen LogP) is 2.46. The first-order chi connectivity index (χ1) is 11.8. The Hall–Kier alpha value is -2.05. The number of hydrogen-bond acceptors (Lipinski definition) is 5. The Balaban J connectivity index is 1.56. The van der Waals surface area contributed by atoms with E-state index in [0.717, 1.165) is 55.4 Å². The average Bonchev–Trinajstić information content (AvgIpc) is 2.96. The van der Waals surface area contributed by atoms with Crippen molar-refractivity contribution in [1.29, 1.82) is 0 Å². The Morgan fingerprint density at radius 3 is 3.00 bits per heavy atom. The van der Waals surface area contributed by atoms with Crippen molar-refractivity contribution in [3.05, 3.63) is 30.0 Å². The van der Waals surface area contributed by atoms with E-state index in [9.17, 15) is 0 Å². The third-order valence-corrected chi connectivity index (χ3v) is 4.48. The van der Waals surface area contributed by atoms with E-state index in [1.165, 1.54) is 5.56 Å². The van der Waals surface area contributed by atoms with Crippen molar-refractivity contribution in [2.45, 2.75) is 26.0 Å². The summed E-state index contributed by atoms with van der Waals surface area (Å²) in [5.41, 5.74) is 3.32. The molecule has 1 aromatic heterocycles. The largest absolute Gasteiger partial charge is 0.486 e. The molecule has 1 fully saturated rings. The van der Waals surface area contributed by atoms with Gasteiger partial charge in [0.15, 0.2) is 11.5 Å². The van der Waals surface area contributed by atoms with E-state index in [0.29, 0.717) is 13.2 Å². The van der Waals surface area contributed by atoms with Crippen molar-refractivity contribution in [2.24, 2.45) is 0 Å². The lowest BCUT2D eigenvalue weighted by Gasteiger charge is -2.22. The molecule has 0 spiro atoms. The van der Waals surface area contributed by atoms with Crippen molar-refractivity contribution in [3.8, 4) is 22.8 Å². The molecule has 0 saturated carbocycles. The van der Waals surface area contributed by atoms with Gasteiger partial charge in [-0.05, 0) is 31.5 Å². The Bertz CT molecular complexity index is 701. The van der Waals surface area contributed by atoms with Crippen LogP contribution >= 0.6 is 0 Å². The highest BCUT2D eigenvalue weighted by Gasteiger charge is 2.19. The zero-order chi connectivity index (χ0) is 16.4. The first kappa shape index (κ1) is 15.5. The monoisotopic (exact) mass is 329 g/mol. The van der Waals surface area contributed by atoms with Crippen LogP contribution in [0.15, 0.2) is 24.4 Å². The molecule has 24 heavy (non-hydrogen) atoms. The van der Waals surface area contributed by atoms with Gasteiger partial charge in [0.1, 0.15) is 13.2 Å². The third-order valence-electron chi connectivity index (χ3n) is 4.48. The molecule has 3 heterocycles. The zero-order valence-corrected chi connectivity index (χ0v) is 14.0. The van der Waals surface area contributed by atoms with Crippen molar-refractivity contribution in [3.63, 3.8) is 0 Å². The van der Waals surface area contributed by atoms with Gasteiger partial charge in [0.2, 0.25) is 0 Å². The van der Waals surface area contributed by atoms with Crippen LogP contribution in [-0.2, 0) is 11.3 Å². The lowest BCUT2D eigenvalue weighted by atomic mass is 10.1. The summed E-state index contributed by atoms with van der Waals surface area (Å²) in [5, 5.41) is 7.40. The summed E-state index contributed by atoms with van der Waals surface area (Å²) in [6.45, 7) is 7.05. The smallest absolute Gasteiger partial charge is 0.162 e. The lowest BCUT2D eigenvalue weighted by Crippen LogP contribution is -2.29. The zero-order valence-electron chi connectivity index (χ0n) is 14.0. The van der Waals surface area contributed by atoms with E-state index < -0.39 is 0 Å². The summed E-state index contributed by atoms with van der Waals surface area (Å²) in [6, 6.07) is 6.05. The standard InChI is InChI=1S/C18H23N3O3/c1-13-11-21(5-2-6-22-13)12-15-10-19-20-18(15)14-3-4-16-17(9-14)24-8-7-23-16/h3-4,9-10,13H,2,5-8,11-12H2,1H3,(H,19,20). The van der Waals surface area contributed by atoms with Crippen LogP contribution in [0.4, 0.5) is 0 Å². The first-order valence-electron chi connectivity index (χ1n) is 8.56. The van der Waals surface area contributed by atoms with Gasteiger partial charge in [-0.1, -0.05) is 0 Å². The molecule has 0 amide bonds. The van der Waals surface area contributed by atoms with Gasteiger partial charge in [-0.2, -0.15) is 5.10 Å². The summed E-state index contributed by atoms with van der Waals surface area (Å²) in [4.78, 5) is 2.43. The molecule has 6 nitrogen and oxygen atoms in total. The number of aromatic nitrogens is 2. The van der Waals surface area contributed by atoms with Gasteiger partial charge >= 0.3 is 0 Å². The van der Waals surface area contributed by atoms with Crippen LogP contribution in [0, 0.1) is 0 Å². The molecule has 128 valence electrons. The van der Waals surface area contributed by atoms with Crippen LogP contribution in [0.1, 0.15) is 18.9 Å². The highest BCUT2D eigenvalue weighted by atomic mass is 16.6. The highest BCUT2D eigenvalue weighted by molar-refractivity contribution is 5.66. The molecular formula is C18H23N3O3. The number of aromatic amines is 1. The van der Waals surface area contributed by atoms with Crippen LogP contribution in [0.2, 0.25) is 0 Å². The lowest BCUT2D eigenvalue weighted by molar-refractivity contribution is 0.0668. The third kappa shape index (κ3) is 3.25. The quantitative estimate of drug-likeness (QED) is 0.937. The van der Waals surface area contributed by atoms with E-state index >= 15 is 0 Å². The maximum atomic E-state index is 5.73. The number of ether oxygens (including phenoxy) is 3. The number of hydrogen-bond donors (Lipinski definition) is 1. The molecule has 4 rings (SSSR count).